The lowest BCUT2D eigenvalue weighted by atomic mass is 10.3. The molecule has 2 nitrogen and oxygen atoms in total. The first kappa shape index (κ1) is 10.4. The van der Waals surface area contributed by atoms with Crippen LogP contribution in [0.5, 0.6) is 5.75 Å². The molecule has 0 saturated heterocycles. The Morgan fingerprint density at radius 2 is 2.15 bits per heavy atom. The van der Waals surface area contributed by atoms with Gasteiger partial charge in [-0.1, -0.05) is 19.1 Å². The summed E-state index contributed by atoms with van der Waals surface area (Å²) in [5, 5.41) is 9.83. The summed E-state index contributed by atoms with van der Waals surface area (Å²) in [4.78, 5) is 0.909. The Morgan fingerprint density at radius 3 is 2.77 bits per heavy atom. The van der Waals surface area contributed by atoms with Crippen LogP contribution in [0.25, 0.3) is 0 Å². The number of aromatic hydroxyl groups is 1. The number of methoxy groups -OCH3 is 1. The van der Waals surface area contributed by atoms with Gasteiger partial charge in [-0.15, -0.1) is 11.8 Å². The highest BCUT2D eigenvalue weighted by molar-refractivity contribution is 8.00. The molecule has 1 aromatic rings. The third-order valence-corrected chi connectivity index (χ3v) is 2.73. The molecule has 1 aromatic carbocycles. The Kier molecular flexibility index (Phi) is 4.12. The van der Waals surface area contributed by atoms with Crippen LogP contribution in [0.4, 0.5) is 0 Å². The van der Waals surface area contributed by atoms with Gasteiger partial charge in [-0.2, -0.15) is 0 Å². The van der Waals surface area contributed by atoms with E-state index in [1.165, 1.54) is 0 Å². The molecule has 0 aromatic heterocycles. The Bertz CT molecular complexity index is 263. The molecule has 0 heterocycles. The third kappa shape index (κ3) is 3.28. The number of hydrogen-bond donors (Lipinski definition) is 1. The van der Waals surface area contributed by atoms with E-state index >= 15 is 0 Å². The van der Waals surface area contributed by atoms with Crippen LogP contribution >= 0.6 is 11.8 Å². The second kappa shape index (κ2) is 5.14. The zero-order valence-corrected chi connectivity index (χ0v) is 8.67. The van der Waals surface area contributed by atoms with Crippen molar-refractivity contribution < 1.29 is 9.84 Å². The van der Waals surface area contributed by atoms with Crippen LogP contribution in [-0.4, -0.2) is 24.1 Å². The number of ether oxygens (including phenoxy) is 1. The van der Waals surface area contributed by atoms with Gasteiger partial charge < -0.3 is 9.84 Å². The van der Waals surface area contributed by atoms with Crippen LogP contribution in [0.3, 0.4) is 0 Å². The molecule has 0 radical (unpaired) electrons. The summed E-state index contributed by atoms with van der Waals surface area (Å²) in [6.45, 7) is 2.76. The second-order valence-corrected chi connectivity index (χ2v) is 4.33. The smallest absolute Gasteiger partial charge is 0.129 e. The Labute approximate surface area is 82.9 Å². The van der Waals surface area contributed by atoms with Gasteiger partial charge in [0.15, 0.2) is 0 Å². The van der Waals surface area contributed by atoms with Crippen molar-refractivity contribution in [3.05, 3.63) is 24.3 Å². The first-order chi connectivity index (χ1) is 6.24. The highest BCUT2D eigenvalue weighted by Crippen LogP contribution is 2.30. The quantitative estimate of drug-likeness (QED) is 0.754. The fourth-order valence-electron chi connectivity index (χ4n) is 1.04. The average Bonchev–Trinajstić information content (AvgIpc) is 2.09. The molecule has 1 N–H and O–H groups in total. The van der Waals surface area contributed by atoms with Crippen LogP contribution in [0, 0.1) is 0 Å². The molecule has 1 atom stereocenters. The fourth-order valence-corrected chi connectivity index (χ4v) is 2.03. The van der Waals surface area contributed by atoms with Crippen LogP contribution in [0.1, 0.15) is 6.92 Å². The Morgan fingerprint density at radius 1 is 1.46 bits per heavy atom. The van der Waals surface area contributed by atoms with E-state index in [4.69, 9.17) is 4.74 Å². The lowest BCUT2D eigenvalue weighted by Crippen LogP contribution is -2.04. The monoisotopic (exact) mass is 198 g/mol. The zero-order chi connectivity index (χ0) is 9.68. The van der Waals surface area contributed by atoms with Gasteiger partial charge in [-0.25, -0.2) is 0 Å². The number of phenolic OH excluding ortho intramolecular Hbond substituents is 1. The zero-order valence-electron chi connectivity index (χ0n) is 7.86. The van der Waals surface area contributed by atoms with Gasteiger partial charge in [0.05, 0.1) is 6.61 Å². The highest BCUT2D eigenvalue weighted by Gasteiger charge is 2.06. The molecular weight excluding hydrogens is 184 g/mol. The summed E-state index contributed by atoms with van der Waals surface area (Å²) in [7, 11) is 1.68. The number of benzene rings is 1. The number of thioether (sulfide) groups is 1. The van der Waals surface area contributed by atoms with Crippen LogP contribution < -0.4 is 0 Å². The van der Waals surface area contributed by atoms with E-state index in [0.717, 1.165) is 4.90 Å². The van der Waals surface area contributed by atoms with E-state index in [-0.39, 0.29) is 0 Å². The maximum atomic E-state index is 9.47. The minimum atomic E-state index is 0.343. The molecule has 0 aliphatic carbocycles. The van der Waals surface area contributed by atoms with Crippen LogP contribution in [0.15, 0.2) is 29.2 Å². The predicted molar refractivity (Wildman–Crippen MR) is 55.3 cm³/mol. The van der Waals surface area contributed by atoms with Gasteiger partial charge >= 0.3 is 0 Å². The van der Waals surface area contributed by atoms with Crippen molar-refractivity contribution in [2.75, 3.05) is 13.7 Å². The average molecular weight is 198 g/mol. The van der Waals surface area contributed by atoms with E-state index in [2.05, 4.69) is 6.92 Å². The van der Waals surface area contributed by atoms with Gasteiger partial charge in [0, 0.05) is 17.3 Å². The maximum Gasteiger partial charge on any atom is 0.129 e. The van der Waals surface area contributed by atoms with E-state index in [9.17, 15) is 5.11 Å². The number of hydrogen-bond acceptors (Lipinski definition) is 3. The van der Waals surface area contributed by atoms with Crippen LogP contribution in [-0.2, 0) is 4.74 Å². The number of rotatable bonds is 4. The van der Waals surface area contributed by atoms with Gasteiger partial charge in [-0.05, 0) is 12.1 Å². The number of para-hydroxylation sites is 1. The molecule has 0 saturated carbocycles. The standard InChI is InChI=1S/C10H14O2S/c1-8(7-12-2)13-10-6-4-3-5-9(10)11/h3-6,8,11H,7H2,1-2H3. The molecule has 3 heteroatoms. The summed E-state index contributed by atoms with van der Waals surface area (Å²) in [5.74, 6) is 0.343. The topological polar surface area (TPSA) is 29.5 Å². The highest BCUT2D eigenvalue weighted by atomic mass is 32.2. The molecule has 1 rings (SSSR count). The van der Waals surface area contributed by atoms with Gasteiger partial charge in [0.1, 0.15) is 5.75 Å². The normalized spacial score (nSPS) is 12.8. The lowest BCUT2D eigenvalue weighted by Gasteiger charge is -2.10. The maximum absolute atomic E-state index is 9.47. The molecule has 0 amide bonds. The second-order valence-electron chi connectivity index (χ2n) is 2.85. The van der Waals surface area contributed by atoms with Crippen LogP contribution in [0.2, 0.25) is 0 Å². The van der Waals surface area contributed by atoms with Crippen molar-refractivity contribution in [1.82, 2.24) is 0 Å². The number of phenols is 1. The molecule has 0 fully saturated rings. The Balaban J connectivity index is 2.58. The van der Waals surface area contributed by atoms with Crippen molar-refractivity contribution >= 4 is 11.8 Å². The fraction of sp³-hybridized carbons (Fsp3) is 0.400. The largest absolute Gasteiger partial charge is 0.507 e. The molecule has 0 spiro atoms. The molecule has 72 valence electrons. The summed E-state index contributed by atoms with van der Waals surface area (Å²) in [5.41, 5.74) is 0. The minimum absolute atomic E-state index is 0.343. The SMILES string of the molecule is COCC(C)Sc1ccccc1O. The lowest BCUT2D eigenvalue weighted by molar-refractivity contribution is 0.203. The summed E-state index contributed by atoms with van der Waals surface area (Å²) < 4.78 is 5.01. The van der Waals surface area contributed by atoms with Gasteiger partial charge in [0.25, 0.3) is 0 Å². The van der Waals surface area contributed by atoms with Crippen molar-refractivity contribution in [2.24, 2.45) is 0 Å². The minimum Gasteiger partial charge on any atom is -0.507 e. The van der Waals surface area contributed by atoms with E-state index < -0.39 is 0 Å². The van der Waals surface area contributed by atoms with E-state index in [1.54, 1.807) is 24.9 Å². The van der Waals surface area contributed by atoms with E-state index in [1.807, 2.05) is 18.2 Å². The summed E-state index contributed by atoms with van der Waals surface area (Å²) in [6.07, 6.45) is 0. The van der Waals surface area contributed by atoms with Gasteiger partial charge in [-0.3, -0.25) is 0 Å². The van der Waals surface area contributed by atoms with Crippen molar-refractivity contribution in [3.63, 3.8) is 0 Å². The molecule has 0 aliphatic rings. The Hall–Kier alpha value is -0.670. The first-order valence-electron chi connectivity index (χ1n) is 4.17. The molecule has 1 unspecified atom stereocenters. The summed E-state index contributed by atoms with van der Waals surface area (Å²) >= 11 is 1.62. The van der Waals surface area contributed by atoms with Crippen molar-refractivity contribution in [2.45, 2.75) is 17.1 Å². The van der Waals surface area contributed by atoms with E-state index in [0.29, 0.717) is 17.6 Å². The molecule has 13 heavy (non-hydrogen) atoms. The van der Waals surface area contributed by atoms with Crippen molar-refractivity contribution in [3.8, 4) is 5.75 Å². The predicted octanol–water partition coefficient (Wildman–Crippen LogP) is 2.52. The summed E-state index contributed by atoms with van der Waals surface area (Å²) in [6, 6.07) is 7.34. The first-order valence-corrected chi connectivity index (χ1v) is 5.05. The molecule has 0 aliphatic heterocycles. The molecular formula is C10H14O2S. The third-order valence-electron chi connectivity index (χ3n) is 1.59. The van der Waals surface area contributed by atoms with Gasteiger partial charge in [0.2, 0.25) is 0 Å². The van der Waals surface area contributed by atoms with Crippen molar-refractivity contribution in [1.29, 1.82) is 0 Å². The molecule has 0 bridgehead atoms.